The molecule has 4 nitrogen and oxygen atoms in total. The molecule has 2 aromatic carbocycles. The molecule has 0 saturated heterocycles. The molecule has 0 spiro atoms. The number of ether oxygens (including phenoxy) is 1. The molecule has 4 heteroatoms. The Morgan fingerprint density at radius 1 is 1.14 bits per heavy atom. The first-order valence-electron chi connectivity index (χ1n) is 6.79. The highest BCUT2D eigenvalue weighted by Gasteiger charge is 2.07. The summed E-state index contributed by atoms with van der Waals surface area (Å²) in [5.74, 6) is 0.490. The van der Waals surface area contributed by atoms with Crippen LogP contribution in [-0.4, -0.2) is 13.0 Å². The minimum atomic E-state index is -0.0647. The lowest BCUT2D eigenvalue weighted by Crippen LogP contribution is -2.14. The quantitative estimate of drug-likeness (QED) is 0.848. The van der Waals surface area contributed by atoms with Crippen LogP contribution in [0.4, 0.5) is 11.4 Å². The Labute approximate surface area is 124 Å². The van der Waals surface area contributed by atoms with E-state index in [0.717, 1.165) is 5.56 Å². The van der Waals surface area contributed by atoms with Crippen LogP contribution in [0.3, 0.4) is 0 Å². The van der Waals surface area contributed by atoms with Crippen molar-refractivity contribution in [2.24, 2.45) is 0 Å². The predicted molar refractivity (Wildman–Crippen MR) is 85.7 cm³/mol. The zero-order valence-electron chi connectivity index (χ0n) is 12.6. The van der Waals surface area contributed by atoms with Crippen molar-refractivity contribution < 1.29 is 9.53 Å². The molecular formula is C17H20N2O2. The van der Waals surface area contributed by atoms with Crippen molar-refractivity contribution in [3.8, 4) is 5.75 Å². The first kappa shape index (κ1) is 14.9. The topological polar surface area (TPSA) is 64.3 Å². The monoisotopic (exact) mass is 284 g/mol. The van der Waals surface area contributed by atoms with Crippen molar-refractivity contribution in [2.45, 2.75) is 20.3 Å². The summed E-state index contributed by atoms with van der Waals surface area (Å²) in [5.41, 5.74) is 10.4. The largest absolute Gasteiger partial charge is 0.495 e. The van der Waals surface area contributed by atoms with E-state index in [0.29, 0.717) is 23.5 Å². The number of anilines is 2. The Morgan fingerprint density at radius 3 is 2.57 bits per heavy atom. The van der Waals surface area contributed by atoms with Gasteiger partial charge < -0.3 is 15.8 Å². The van der Waals surface area contributed by atoms with E-state index >= 15 is 0 Å². The predicted octanol–water partition coefficient (Wildman–Crippen LogP) is 3.08. The van der Waals surface area contributed by atoms with Gasteiger partial charge in [0.2, 0.25) is 5.91 Å². The molecule has 110 valence electrons. The molecule has 0 aromatic heterocycles. The molecule has 0 heterocycles. The lowest BCUT2D eigenvalue weighted by atomic mass is 10.0. The van der Waals surface area contributed by atoms with Crippen LogP contribution in [0.15, 0.2) is 36.4 Å². The summed E-state index contributed by atoms with van der Waals surface area (Å²) in [5, 5.41) is 2.85. The van der Waals surface area contributed by atoms with Crippen molar-refractivity contribution in [3.63, 3.8) is 0 Å². The van der Waals surface area contributed by atoms with Gasteiger partial charge in [0.05, 0.1) is 19.2 Å². The first-order valence-corrected chi connectivity index (χ1v) is 6.79. The van der Waals surface area contributed by atoms with E-state index in [2.05, 4.69) is 12.2 Å². The van der Waals surface area contributed by atoms with Crippen LogP contribution < -0.4 is 15.8 Å². The average molecular weight is 284 g/mol. The highest BCUT2D eigenvalue weighted by Crippen LogP contribution is 2.25. The molecule has 1 amide bonds. The van der Waals surface area contributed by atoms with Gasteiger partial charge in [0.15, 0.2) is 0 Å². The normalized spacial score (nSPS) is 10.2. The number of benzene rings is 2. The number of carbonyl (C=O) groups is 1. The molecule has 0 unspecified atom stereocenters. The molecular weight excluding hydrogens is 264 g/mol. The van der Waals surface area contributed by atoms with E-state index in [-0.39, 0.29) is 5.91 Å². The van der Waals surface area contributed by atoms with Crippen LogP contribution in [-0.2, 0) is 11.2 Å². The van der Waals surface area contributed by atoms with Crippen molar-refractivity contribution in [1.29, 1.82) is 0 Å². The van der Waals surface area contributed by atoms with Crippen LogP contribution in [0, 0.1) is 13.8 Å². The SMILES string of the molecule is COc1cc(NC(=O)Cc2ccc(C)c(C)c2)ccc1N. The first-order chi connectivity index (χ1) is 9.99. The minimum Gasteiger partial charge on any atom is -0.495 e. The molecule has 0 aliphatic rings. The number of nitrogens with two attached hydrogens (primary N) is 1. The van der Waals surface area contributed by atoms with Gasteiger partial charge in [-0.05, 0) is 42.7 Å². The van der Waals surface area contributed by atoms with Crippen molar-refractivity contribution >= 4 is 17.3 Å². The van der Waals surface area contributed by atoms with Gasteiger partial charge in [-0.1, -0.05) is 18.2 Å². The second-order valence-corrected chi connectivity index (χ2v) is 5.10. The van der Waals surface area contributed by atoms with Crippen molar-refractivity contribution in [3.05, 3.63) is 53.1 Å². The van der Waals surface area contributed by atoms with Gasteiger partial charge in [0.25, 0.3) is 0 Å². The van der Waals surface area contributed by atoms with Crippen molar-refractivity contribution in [1.82, 2.24) is 0 Å². The highest BCUT2D eigenvalue weighted by atomic mass is 16.5. The number of nitrogen functional groups attached to an aromatic ring is 1. The third-order valence-corrected chi connectivity index (χ3v) is 3.45. The molecule has 0 radical (unpaired) electrons. The smallest absolute Gasteiger partial charge is 0.228 e. The molecule has 3 N–H and O–H groups in total. The Balaban J connectivity index is 2.06. The summed E-state index contributed by atoms with van der Waals surface area (Å²) >= 11 is 0. The van der Waals surface area contributed by atoms with Crippen LogP contribution in [0.1, 0.15) is 16.7 Å². The maximum absolute atomic E-state index is 12.1. The number of amides is 1. The number of hydrogen-bond acceptors (Lipinski definition) is 3. The summed E-state index contributed by atoms with van der Waals surface area (Å²) < 4.78 is 5.14. The van der Waals surface area contributed by atoms with E-state index in [1.165, 1.54) is 11.1 Å². The number of carbonyl (C=O) groups excluding carboxylic acids is 1. The van der Waals surface area contributed by atoms with Crippen molar-refractivity contribution in [2.75, 3.05) is 18.2 Å². The van der Waals surface area contributed by atoms with Gasteiger partial charge in [0.1, 0.15) is 5.75 Å². The number of methoxy groups -OCH3 is 1. The Bertz CT molecular complexity index is 666. The highest BCUT2D eigenvalue weighted by molar-refractivity contribution is 5.92. The summed E-state index contributed by atoms with van der Waals surface area (Å²) in [7, 11) is 1.55. The summed E-state index contributed by atoms with van der Waals surface area (Å²) in [6, 6.07) is 11.2. The summed E-state index contributed by atoms with van der Waals surface area (Å²) in [4.78, 5) is 12.1. The van der Waals surface area contributed by atoms with E-state index in [1.54, 1.807) is 25.3 Å². The maximum atomic E-state index is 12.1. The van der Waals surface area contributed by atoms with E-state index < -0.39 is 0 Å². The Kier molecular flexibility index (Phi) is 4.48. The van der Waals surface area contributed by atoms with Gasteiger partial charge in [-0.3, -0.25) is 4.79 Å². The molecule has 2 rings (SSSR count). The molecule has 2 aromatic rings. The maximum Gasteiger partial charge on any atom is 0.228 e. The van der Waals surface area contributed by atoms with Gasteiger partial charge in [-0.2, -0.15) is 0 Å². The molecule has 0 atom stereocenters. The Morgan fingerprint density at radius 2 is 1.90 bits per heavy atom. The van der Waals surface area contributed by atoms with Gasteiger partial charge in [0, 0.05) is 11.8 Å². The van der Waals surface area contributed by atoms with E-state index in [4.69, 9.17) is 10.5 Å². The molecule has 0 aliphatic heterocycles. The van der Waals surface area contributed by atoms with Crippen LogP contribution in [0.25, 0.3) is 0 Å². The molecule has 21 heavy (non-hydrogen) atoms. The summed E-state index contributed by atoms with van der Waals surface area (Å²) in [6.45, 7) is 4.10. The second kappa shape index (κ2) is 6.31. The van der Waals surface area contributed by atoms with Gasteiger partial charge in [-0.25, -0.2) is 0 Å². The third-order valence-electron chi connectivity index (χ3n) is 3.45. The fraction of sp³-hybridized carbons (Fsp3) is 0.235. The average Bonchev–Trinajstić information content (AvgIpc) is 2.45. The number of rotatable bonds is 4. The molecule has 0 saturated carbocycles. The lowest BCUT2D eigenvalue weighted by Gasteiger charge is -2.10. The second-order valence-electron chi connectivity index (χ2n) is 5.10. The fourth-order valence-corrected chi connectivity index (χ4v) is 2.09. The zero-order chi connectivity index (χ0) is 15.4. The van der Waals surface area contributed by atoms with Crippen LogP contribution in [0.5, 0.6) is 5.75 Å². The van der Waals surface area contributed by atoms with Gasteiger partial charge in [-0.15, -0.1) is 0 Å². The fourth-order valence-electron chi connectivity index (χ4n) is 2.09. The van der Waals surface area contributed by atoms with E-state index in [1.807, 2.05) is 25.1 Å². The summed E-state index contributed by atoms with van der Waals surface area (Å²) in [6.07, 6.45) is 0.341. The third kappa shape index (κ3) is 3.75. The van der Waals surface area contributed by atoms with E-state index in [9.17, 15) is 4.79 Å². The molecule has 0 aliphatic carbocycles. The molecule has 0 fully saturated rings. The van der Waals surface area contributed by atoms with Crippen LogP contribution in [0.2, 0.25) is 0 Å². The standard InChI is InChI=1S/C17H20N2O2/c1-11-4-5-13(8-12(11)2)9-17(20)19-14-6-7-15(18)16(10-14)21-3/h4-8,10H,9,18H2,1-3H3,(H,19,20). The minimum absolute atomic E-state index is 0.0647. The van der Waals surface area contributed by atoms with Gasteiger partial charge >= 0.3 is 0 Å². The lowest BCUT2D eigenvalue weighted by molar-refractivity contribution is -0.115. The van der Waals surface area contributed by atoms with Crippen LogP contribution >= 0.6 is 0 Å². The zero-order valence-corrected chi connectivity index (χ0v) is 12.6. The molecule has 0 bridgehead atoms. The number of nitrogens with one attached hydrogen (secondary N) is 1. The Hall–Kier alpha value is -2.49. The number of aryl methyl sites for hydroxylation is 2. The number of hydrogen-bond donors (Lipinski definition) is 2.